The number of carbonyl (C=O) groups excluding carboxylic acids is 2. The Morgan fingerprint density at radius 1 is 0.875 bits per heavy atom. The zero-order valence-electron chi connectivity index (χ0n) is 24.2. The fourth-order valence-electron chi connectivity index (χ4n) is 4.30. The zero-order chi connectivity index (χ0) is 29.8. The number of sulfonamides is 1. The van der Waals surface area contributed by atoms with E-state index in [4.69, 9.17) is 0 Å². The normalized spacial score (nSPS) is 12.5. The molecule has 0 unspecified atom stereocenters. The second kappa shape index (κ2) is 12.6. The summed E-state index contributed by atoms with van der Waals surface area (Å²) < 4.78 is 30.0. The minimum absolute atomic E-state index is 0.0862. The molecule has 3 aromatic rings. The van der Waals surface area contributed by atoms with Crippen molar-refractivity contribution in [3.8, 4) is 0 Å². The van der Waals surface area contributed by atoms with Crippen LogP contribution in [0.2, 0.25) is 0 Å². The molecule has 0 aliphatic carbocycles. The Hall–Kier alpha value is -3.17. The number of nitrogens with zero attached hydrogens (tertiary/aromatic N) is 2. The molecule has 7 nitrogen and oxygen atoms in total. The fourth-order valence-corrected chi connectivity index (χ4v) is 5.97. The SMILES string of the molecule is Cc1ccc(S(=O)(=O)N(CC(=O)N(Cc2ccc(Br)cc2)[C@@H](C)C(=O)NC(C)(C)C)c2cc(C)cc(C)c2)cc1. The van der Waals surface area contributed by atoms with E-state index in [1.54, 1.807) is 43.3 Å². The Balaban J connectivity index is 2.07. The predicted octanol–water partition coefficient (Wildman–Crippen LogP) is 5.90. The molecule has 2 amide bonds. The van der Waals surface area contributed by atoms with Gasteiger partial charge in [-0.2, -0.15) is 0 Å². The van der Waals surface area contributed by atoms with Crippen LogP contribution in [0.3, 0.4) is 0 Å². The van der Waals surface area contributed by atoms with Gasteiger partial charge in [0.05, 0.1) is 10.6 Å². The largest absolute Gasteiger partial charge is 0.350 e. The third kappa shape index (κ3) is 8.17. The molecule has 0 fully saturated rings. The average molecular weight is 629 g/mol. The number of benzene rings is 3. The van der Waals surface area contributed by atoms with E-state index in [0.717, 1.165) is 31.0 Å². The van der Waals surface area contributed by atoms with E-state index in [9.17, 15) is 18.0 Å². The van der Waals surface area contributed by atoms with Gasteiger partial charge >= 0.3 is 0 Å². The lowest BCUT2D eigenvalue weighted by molar-refractivity contribution is -0.140. The fraction of sp³-hybridized carbons (Fsp3) is 0.355. The van der Waals surface area contributed by atoms with Gasteiger partial charge in [-0.3, -0.25) is 13.9 Å². The summed E-state index contributed by atoms with van der Waals surface area (Å²) in [6, 6.07) is 18.6. The van der Waals surface area contributed by atoms with E-state index in [1.165, 1.54) is 4.90 Å². The van der Waals surface area contributed by atoms with Gasteiger partial charge in [0, 0.05) is 16.6 Å². The second-order valence-electron chi connectivity index (χ2n) is 11.2. The summed E-state index contributed by atoms with van der Waals surface area (Å²) >= 11 is 3.43. The first kappa shape index (κ1) is 31.4. The summed E-state index contributed by atoms with van der Waals surface area (Å²) in [4.78, 5) is 28.8. The van der Waals surface area contributed by atoms with E-state index in [0.29, 0.717) is 5.69 Å². The number of anilines is 1. The van der Waals surface area contributed by atoms with Crippen molar-refractivity contribution in [2.75, 3.05) is 10.8 Å². The Labute approximate surface area is 246 Å². The zero-order valence-corrected chi connectivity index (χ0v) is 26.6. The highest BCUT2D eigenvalue weighted by Gasteiger charge is 2.33. The van der Waals surface area contributed by atoms with Crippen molar-refractivity contribution < 1.29 is 18.0 Å². The van der Waals surface area contributed by atoms with Gasteiger partial charge in [0.25, 0.3) is 10.0 Å². The molecule has 0 bridgehead atoms. The molecule has 1 N–H and O–H groups in total. The first-order chi connectivity index (χ1) is 18.6. The number of aryl methyl sites for hydroxylation is 3. The summed E-state index contributed by atoms with van der Waals surface area (Å²) in [7, 11) is -4.11. The minimum atomic E-state index is -4.11. The lowest BCUT2D eigenvalue weighted by Crippen LogP contribution is -2.54. The van der Waals surface area contributed by atoms with Crippen LogP contribution in [0.5, 0.6) is 0 Å². The molecule has 9 heteroatoms. The summed E-state index contributed by atoms with van der Waals surface area (Å²) in [6.07, 6.45) is 0. The second-order valence-corrected chi connectivity index (χ2v) is 14.0. The highest BCUT2D eigenvalue weighted by Crippen LogP contribution is 2.27. The van der Waals surface area contributed by atoms with E-state index < -0.39 is 34.1 Å². The van der Waals surface area contributed by atoms with Crippen LogP contribution in [0.4, 0.5) is 5.69 Å². The van der Waals surface area contributed by atoms with E-state index >= 15 is 0 Å². The average Bonchev–Trinajstić information content (AvgIpc) is 2.85. The molecular formula is C31H38BrN3O4S. The topological polar surface area (TPSA) is 86.8 Å². The molecule has 3 rings (SSSR count). The highest BCUT2D eigenvalue weighted by atomic mass is 79.9. The number of hydrogen-bond acceptors (Lipinski definition) is 4. The van der Waals surface area contributed by atoms with Gasteiger partial charge in [-0.25, -0.2) is 8.42 Å². The molecule has 0 saturated carbocycles. The number of hydrogen-bond donors (Lipinski definition) is 1. The van der Waals surface area contributed by atoms with E-state index in [2.05, 4.69) is 21.2 Å². The number of amides is 2. The van der Waals surface area contributed by atoms with Crippen molar-refractivity contribution in [1.82, 2.24) is 10.2 Å². The van der Waals surface area contributed by atoms with Crippen molar-refractivity contribution in [2.24, 2.45) is 0 Å². The van der Waals surface area contributed by atoms with Crippen molar-refractivity contribution >= 4 is 43.5 Å². The standard InChI is InChI=1S/C31H38BrN3O4S/c1-21-8-14-28(15-9-21)40(38,39)35(27-17-22(2)16-23(3)18-27)20-29(36)34(19-25-10-12-26(32)13-11-25)24(4)30(37)33-31(5,6)7/h8-18,24H,19-20H2,1-7H3,(H,33,37)/t24-/m0/s1. The molecule has 40 heavy (non-hydrogen) atoms. The van der Waals surface area contributed by atoms with Crippen LogP contribution in [0.25, 0.3) is 0 Å². The molecule has 0 spiro atoms. The van der Waals surface area contributed by atoms with Crippen molar-refractivity contribution in [3.05, 3.63) is 93.5 Å². The molecule has 0 saturated heterocycles. The Morgan fingerprint density at radius 2 is 1.43 bits per heavy atom. The van der Waals surface area contributed by atoms with Gasteiger partial charge in [0.2, 0.25) is 11.8 Å². The van der Waals surface area contributed by atoms with Crippen LogP contribution in [0.15, 0.2) is 76.1 Å². The minimum Gasteiger partial charge on any atom is -0.350 e. The number of halogens is 1. The van der Waals surface area contributed by atoms with Gasteiger partial charge in [0.1, 0.15) is 12.6 Å². The van der Waals surface area contributed by atoms with Crippen molar-refractivity contribution in [1.29, 1.82) is 0 Å². The summed E-state index contributed by atoms with van der Waals surface area (Å²) in [5.41, 5.74) is 3.37. The molecule has 1 atom stereocenters. The van der Waals surface area contributed by atoms with E-state index in [-0.39, 0.29) is 17.3 Å². The molecule has 0 aliphatic rings. The molecule has 0 heterocycles. The van der Waals surface area contributed by atoms with Crippen LogP contribution in [0, 0.1) is 20.8 Å². The molecule has 0 aliphatic heterocycles. The maximum Gasteiger partial charge on any atom is 0.264 e. The van der Waals surface area contributed by atoms with Gasteiger partial charge in [-0.1, -0.05) is 51.8 Å². The van der Waals surface area contributed by atoms with Crippen molar-refractivity contribution in [2.45, 2.75) is 71.5 Å². The lowest BCUT2D eigenvalue weighted by atomic mass is 10.1. The molecular weight excluding hydrogens is 590 g/mol. The third-order valence-electron chi connectivity index (χ3n) is 6.31. The predicted molar refractivity (Wildman–Crippen MR) is 164 cm³/mol. The maximum atomic E-state index is 14.0. The maximum absolute atomic E-state index is 14.0. The van der Waals surface area contributed by atoms with Crippen LogP contribution >= 0.6 is 15.9 Å². The number of carbonyl (C=O) groups is 2. The van der Waals surface area contributed by atoms with Gasteiger partial charge in [-0.05, 0) is 102 Å². The van der Waals surface area contributed by atoms with Crippen molar-refractivity contribution in [3.63, 3.8) is 0 Å². The van der Waals surface area contributed by atoms with Crippen LogP contribution in [-0.2, 0) is 26.2 Å². The molecule has 214 valence electrons. The summed E-state index contributed by atoms with van der Waals surface area (Å²) in [5.74, 6) is -0.813. The Kier molecular flexibility index (Phi) is 9.85. The van der Waals surface area contributed by atoms with Crippen LogP contribution < -0.4 is 9.62 Å². The van der Waals surface area contributed by atoms with Crippen LogP contribution in [-0.4, -0.2) is 43.3 Å². The molecule has 3 aromatic carbocycles. The highest BCUT2D eigenvalue weighted by molar-refractivity contribution is 9.10. The van der Waals surface area contributed by atoms with E-state index in [1.807, 2.05) is 71.9 Å². The smallest absolute Gasteiger partial charge is 0.264 e. The quantitative estimate of drug-likeness (QED) is 0.320. The molecule has 0 radical (unpaired) electrons. The van der Waals surface area contributed by atoms with Gasteiger partial charge in [0.15, 0.2) is 0 Å². The van der Waals surface area contributed by atoms with Gasteiger partial charge in [-0.15, -0.1) is 0 Å². The third-order valence-corrected chi connectivity index (χ3v) is 8.63. The Bertz CT molecular complexity index is 1440. The molecule has 0 aromatic heterocycles. The first-order valence-corrected chi connectivity index (χ1v) is 15.3. The first-order valence-electron chi connectivity index (χ1n) is 13.1. The Morgan fingerprint density at radius 3 is 1.95 bits per heavy atom. The summed E-state index contributed by atoms with van der Waals surface area (Å²) in [6.45, 7) is 12.6. The van der Waals surface area contributed by atoms with Gasteiger partial charge < -0.3 is 10.2 Å². The van der Waals surface area contributed by atoms with Crippen LogP contribution in [0.1, 0.15) is 49.9 Å². The number of nitrogens with one attached hydrogen (secondary N) is 1. The summed E-state index contributed by atoms with van der Waals surface area (Å²) in [5, 5.41) is 2.94. The monoisotopic (exact) mass is 627 g/mol. The number of rotatable bonds is 9. The lowest BCUT2D eigenvalue weighted by Gasteiger charge is -2.33.